The van der Waals surface area contributed by atoms with Crippen LogP contribution < -0.4 is 4.74 Å². The molecule has 1 unspecified atom stereocenters. The third-order valence-electron chi connectivity index (χ3n) is 2.04. The first-order chi connectivity index (χ1) is 7.19. The highest BCUT2D eigenvalue weighted by Crippen LogP contribution is 2.27. The average Bonchev–Trinajstić information content (AvgIpc) is 2.26. The summed E-state index contributed by atoms with van der Waals surface area (Å²) in [6, 6.07) is 5.17. The first-order valence-electron chi connectivity index (χ1n) is 4.78. The molecule has 3 nitrogen and oxygen atoms in total. The predicted molar refractivity (Wildman–Crippen MR) is 59.5 cm³/mol. The molecule has 1 rings (SSSR count). The van der Waals surface area contributed by atoms with Gasteiger partial charge in [-0.1, -0.05) is 17.7 Å². The largest absolute Gasteiger partial charge is 0.495 e. The predicted octanol–water partition coefficient (Wildman–Crippen LogP) is 2.42. The van der Waals surface area contributed by atoms with Gasteiger partial charge in [-0.2, -0.15) is 0 Å². The third kappa shape index (κ3) is 3.38. The fourth-order valence-electron chi connectivity index (χ4n) is 1.21. The van der Waals surface area contributed by atoms with Crippen LogP contribution in [0, 0.1) is 0 Å². The molecule has 0 saturated heterocycles. The van der Waals surface area contributed by atoms with E-state index in [0.29, 0.717) is 17.4 Å². The Morgan fingerprint density at radius 1 is 1.47 bits per heavy atom. The van der Waals surface area contributed by atoms with Crippen molar-refractivity contribution in [3.05, 3.63) is 28.8 Å². The summed E-state index contributed by atoms with van der Waals surface area (Å²) in [4.78, 5) is 0. The van der Waals surface area contributed by atoms with Gasteiger partial charge in [-0.15, -0.1) is 0 Å². The van der Waals surface area contributed by atoms with E-state index in [2.05, 4.69) is 0 Å². The Kier molecular flexibility index (Phi) is 4.88. The molecule has 0 aromatic heterocycles. The van der Waals surface area contributed by atoms with Gasteiger partial charge in [0.2, 0.25) is 0 Å². The molecule has 1 N–H and O–H groups in total. The highest BCUT2D eigenvalue weighted by atomic mass is 35.5. The van der Waals surface area contributed by atoms with Gasteiger partial charge in [0.1, 0.15) is 11.9 Å². The standard InChI is InChI=1S/C11H15ClO3/c1-3-15-7-10(13)8-4-5-9(12)11(6-8)14-2/h4-6,10,13H,3,7H2,1-2H3. The Balaban J connectivity index is 2.76. The molecule has 0 radical (unpaired) electrons. The van der Waals surface area contributed by atoms with Crippen LogP contribution in [-0.4, -0.2) is 25.4 Å². The van der Waals surface area contributed by atoms with Crippen LogP contribution in [0.1, 0.15) is 18.6 Å². The second-order valence-electron chi connectivity index (χ2n) is 3.07. The minimum absolute atomic E-state index is 0.279. The van der Waals surface area contributed by atoms with Crippen LogP contribution >= 0.6 is 11.6 Å². The minimum atomic E-state index is -0.642. The van der Waals surface area contributed by atoms with Gasteiger partial charge in [0.25, 0.3) is 0 Å². The molecule has 15 heavy (non-hydrogen) atoms. The SMILES string of the molecule is CCOCC(O)c1ccc(Cl)c(OC)c1. The quantitative estimate of drug-likeness (QED) is 0.845. The smallest absolute Gasteiger partial charge is 0.137 e. The van der Waals surface area contributed by atoms with E-state index in [1.807, 2.05) is 6.92 Å². The minimum Gasteiger partial charge on any atom is -0.495 e. The molecular formula is C11H15ClO3. The highest BCUT2D eigenvalue weighted by molar-refractivity contribution is 6.32. The molecule has 0 amide bonds. The molecule has 0 fully saturated rings. The number of hydrogen-bond donors (Lipinski definition) is 1. The molecule has 0 spiro atoms. The Hall–Kier alpha value is -0.770. The number of aliphatic hydroxyl groups is 1. The first-order valence-corrected chi connectivity index (χ1v) is 5.16. The van der Waals surface area contributed by atoms with E-state index >= 15 is 0 Å². The van der Waals surface area contributed by atoms with E-state index in [-0.39, 0.29) is 6.61 Å². The lowest BCUT2D eigenvalue weighted by atomic mass is 10.1. The molecule has 1 aromatic rings. The molecule has 0 aliphatic rings. The van der Waals surface area contributed by atoms with Gasteiger partial charge < -0.3 is 14.6 Å². The Bertz CT molecular complexity index is 315. The summed E-state index contributed by atoms with van der Waals surface area (Å²) in [5, 5.41) is 10.3. The van der Waals surface area contributed by atoms with Crippen molar-refractivity contribution in [3.63, 3.8) is 0 Å². The normalized spacial score (nSPS) is 12.5. The lowest BCUT2D eigenvalue weighted by Gasteiger charge is -2.12. The van der Waals surface area contributed by atoms with E-state index in [4.69, 9.17) is 21.1 Å². The highest BCUT2D eigenvalue weighted by Gasteiger charge is 2.10. The van der Waals surface area contributed by atoms with Crippen LogP contribution in [0.15, 0.2) is 18.2 Å². The zero-order valence-corrected chi connectivity index (χ0v) is 9.62. The molecule has 0 aliphatic heterocycles. The van der Waals surface area contributed by atoms with Crippen molar-refractivity contribution >= 4 is 11.6 Å². The Labute approximate surface area is 94.6 Å². The molecule has 0 aliphatic carbocycles. The van der Waals surface area contributed by atoms with Gasteiger partial charge in [0.05, 0.1) is 18.7 Å². The molecule has 1 aromatic carbocycles. The zero-order valence-electron chi connectivity index (χ0n) is 8.87. The lowest BCUT2D eigenvalue weighted by Crippen LogP contribution is -2.07. The van der Waals surface area contributed by atoms with Gasteiger partial charge in [-0.05, 0) is 24.6 Å². The fraction of sp³-hybridized carbons (Fsp3) is 0.455. The summed E-state index contributed by atoms with van der Waals surface area (Å²) in [5.74, 6) is 0.560. The van der Waals surface area contributed by atoms with E-state index < -0.39 is 6.10 Å². The summed E-state index contributed by atoms with van der Waals surface area (Å²) in [7, 11) is 1.54. The van der Waals surface area contributed by atoms with Crippen molar-refractivity contribution in [2.24, 2.45) is 0 Å². The molecular weight excluding hydrogens is 216 g/mol. The maximum absolute atomic E-state index is 9.74. The topological polar surface area (TPSA) is 38.7 Å². The van der Waals surface area contributed by atoms with Gasteiger partial charge >= 0.3 is 0 Å². The molecule has 84 valence electrons. The average molecular weight is 231 g/mol. The van der Waals surface area contributed by atoms with Crippen molar-refractivity contribution in [1.29, 1.82) is 0 Å². The van der Waals surface area contributed by atoms with Crippen LogP contribution in [0.5, 0.6) is 5.75 Å². The van der Waals surface area contributed by atoms with Crippen LogP contribution in [0.3, 0.4) is 0 Å². The third-order valence-corrected chi connectivity index (χ3v) is 2.35. The number of rotatable bonds is 5. The second-order valence-corrected chi connectivity index (χ2v) is 3.48. The zero-order chi connectivity index (χ0) is 11.3. The summed E-state index contributed by atoms with van der Waals surface area (Å²) >= 11 is 5.87. The lowest BCUT2D eigenvalue weighted by molar-refractivity contribution is 0.0419. The second kappa shape index (κ2) is 5.95. The molecule has 0 saturated carbocycles. The van der Waals surface area contributed by atoms with Crippen LogP contribution in [0.25, 0.3) is 0 Å². The van der Waals surface area contributed by atoms with Crippen molar-refractivity contribution in [1.82, 2.24) is 0 Å². The number of ether oxygens (including phenoxy) is 2. The summed E-state index contributed by atoms with van der Waals surface area (Å²) in [6.07, 6.45) is -0.642. The van der Waals surface area contributed by atoms with E-state index in [1.54, 1.807) is 25.3 Å². The fourth-order valence-corrected chi connectivity index (χ4v) is 1.40. The van der Waals surface area contributed by atoms with Gasteiger partial charge in [-0.25, -0.2) is 0 Å². The number of benzene rings is 1. The number of hydrogen-bond acceptors (Lipinski definition) is 3. The first kappa shape index (κ1) is 12.3. The maximum atomic E-state index is 9.74. The molecule has 0 bridgehead atoms. The number of halogens is 1. The monoisotopic (exact) mass is 230 g/mol. The van der Waals surface area contributed by atoms with Crippen LogP contribution in [0.4, 0.5) is 0 Å². The van der Waals surface area contributed by atoms with Crippen molar-refractivity contribution in [3.8, 4) is 5.75 Å². The van der Waals surface area contributed by atoms with Crippen molar-refractivity contribution in [2.75, 3.05) is 20.3 Å². The summed E-state index contributed by atoms with van der Waals surface area (Å²) < 4.78 is 10.2. The van der Waals surface area contributed by atoms with E-state index in [1.165, 1.54) is 0 Å². The molecule has 4 heteroatoms. The Morgan fingerprint density at radius 3 is 2.80 bits per heavy atom. The van der Waals surface area contributed by atoms with Gasteiger partial charge in [-0.3, -0.25) is 0 Å². The number of aliphatic hydroxyl groups excluding tert-OH is 1. The molecule has 1 atom stereocenters. The van der Waals surface area contributed by atoms with E-state index in [0.717, 1.165) is 5.56 Å². The van der Waals surface area contributed by atoms with Gasteiger partial charge in [0.15, 0.2) is 0 Å². The van der Waals surface area contributed by atoms with E-state index in [9.17, 15) is 5.11 Å². The summed E-state index contributed by atoms with van der Waals surface area (Å²) in [6.45, 7) is 2.75. The van der Waals surface area contributed by atoms with Gasteiger partial charge in [0, 0.05) is 6.61 Å². The molecule has 0 heterocycles. The number of methoxy groups -OCH3 is 1. The Morgan fingerprint density at radius 2 is 2.20 bits per heavy atom. The summed E-state index contributed by atoms with van der Waals surface area (Å²) in [5.41, 5.74) is 0.740. The van der Waals surface area contributed by atoms with Crippen molar-refractivity contribution in [2.45, 2.75) is 13.0 Å². The van der Waals surface area contributed by atoms with Crippen LogP contribution in [0.2, 0.25) is 5.02 Å². The van der Waals surface area contributed by atoms with Crippen LogP contribution in [-0.2, 0) is 4.74 Å². The van der Waals surface area contributed by atoms with Crippen molar-refractivity contribution < 1.29 is 14.6 Å². The maximum Gasteiger partial charge on any atom is 0.137 e.